The number of anilines is 1. The normalized spacial score (nSPS) is 10.5. The van der Waals surface area contributed by atoms with E-state index >= 15 is 0 Å². The summed E-state index contributed by atoms with van der Waals surface area (Å²) < 4.78 is 1.01. The van der Waals surface area contributed by atoms with E-state index in [1.54, 1.807) is 12.1 Å². The Morgan fingerprint density at radius 1 is 1.12 bits per heavy atom. The minimum atomic E-state index is -0.331. The lowest BCUT2D eigenvalue weighted by Crippen LogP contribution is -2.28. The van der Waals surface area contributed by atoms with Crippen molar-refractivity contribution in [1.29, 1.82) is 0 Å². The summed E-state index contributed by atoms with van der Waals surface area (Å²) in [7, 11) is 0. The molecule has 0 atom stereocenters. The summed E-state index contributed by atoms with van der Waals surface area (Å²) >= 11 is 16.6. The van der Waals surface area contributed by atoms with E-state index in [1.165, 1.54) is 11.3 Å². The quantitative estimate of drug-likeness (QED) is 0.490. The monoisotopic (exact) mass is 455 g/mol. The van der Waals surface area contributed by atoms with Crippen molar-refractivity contribution >= 4 is 61.6 Å². The molecular formula is C17H12BrCl2N3OS. The number of carbonyl (C=O) groups is 1. The van der Waals surface area contributed by atoms with E-state index in [9.17, 15) is 4.79 Å². The minimum absolute atomic E-state index is 0.331. The van der Waals surface area contributed by atoms with Gasteiger partial charge in [0.25, 0.3) is 0 Å². The highest BCUT2D eigenvalue weighted by molar-refractivity contribution is 9.10. The largest absolute Gasteiger partial charge is 0.334 e. The molecule has 1 aromatic heterocycles. The number of nitrogens with zero attached hydrogens (tertiary/aromatic N) is 1. The molecule has 0 aliphatic heterocycles. The van der Waals surface area contributed by atoms with E-state index in [-0.39, 0.29) is 6.03 Å². The molecule has 0 bridgehead atoms. The molecule has 0 aliphatic carbocycles. The fourth-order valence-corrected chi connectivity index (χ4v) is 3.36. The number of hydrogen-bond acceptors (Lipinski definition) is 3. The molecule has 128 valence electrons. The number of rotatable bonds is 4. The first-order valence-corrected chi connectivity index (χ1v) is 9.64. The highest BCUT2D eigenvalue weighted by Crippen LogP contribution is 2.26. The maximum absolute atomic E-state index is 12.0. The van der Waals surface area contributed by atoms with Crippen LogP contribution in [0, 0.1) is 0 Å². The van der Waals surface area contributed by atoms with Gasteiger partial charge in [-0.15, -0.1) is 11.3 Å². The van der Waals surface area contributed by atoms with E-state index in [4.69, 9.17) is 23.2 Å². The molecule has 3 rings (SSSR count). The molecule has 0 fully saturated rings. The van der Waals surface area contributed by atoms with Crippen LogP contribution in [-0.2, 0) is 6.54 Å². The van der Waals surface area contributed by atoms with Gasteiger partial charge in [-0.25, -0.2) is 9.78 Å². The lowest BCUT2D eigenvalue weighted by atomic mass is 10.2. The number of hydrogen-bond donors (Lipinski definition) is 2. The van der Waals surface area contributed by atoms with E-state index in [0.29, 0.717) is 21.7 Å². The van der Waals surface area contributed by atoms with Crippen molar-refractivity contribution in [2.75, 3.05) is 5.32 Å². The minimum Gasteiger partial charge on any atom is -0.334 e. The number of thiazole rings is 1. The van der Waals surface area contributed by atoms with Crippen LogP contribution < -0.4 is 10.6 Å². The van der Waals surface area contributed by atoms with Gasteiger partial charge < -0.3 is 5.32 Å². The fraction of sp³-hybridized carbons (Fsp3) is 0.0588. The standard InChI is InChI=1S/C17H12BrCl2N3OS/c18-12-4-2-11(3-5-12)15-9-25-17(22-15)23-16(24)21-8-10-1-6-13(19)14(20)7-10/h1-7,9H,8H2,(H2,21,22,23,24). The Hall–Kier alpha value is -1.60. The van der Waals surface area contributed by atoms with Crippen molar-refractivity contribution < 1.29 is 4.79 Å². The second kappa shape index (κ2) is 8.19. The Balaban J connectivity index is 1.58. The van der Waals surface area contributed by atoms with Crippen molar-refractivity contribution in [3.8, 4) is 11.3 Å². The molecule has 3 aromatic rings. The highest BCUT2D eigenvalue weighted by atomic mass is 79.9. The summed E-state index contributed by atoms with van der Waals surface area (Å²) in [6.07, 6.45) is 0. The van der Waals surface area contributed by atoms with Crippen molar-refractivity contribution in [1.82, 2.24) is 10.3 Å². The second-order valence-electron chi connectivity index (χ2n) is 5.10. The van der Waals surface area contributed by atoms with Gasteiger partial charge in [-0.05, 0) is 29.8 Å². The molecule has 0 radical (unpaired) electrons. The van der Waals surface area contributed by atoms with Crippen LogP contribution in [0.1, 0.15) is 5.56 Å². The highest BCUT2D eigenvalue weighted by Gasteiger charge is 2.08. The van der Waals surface area contributed by atoms with Gasteiger partial charge in [-0.3, -0.25) is 5.32 Å². The molecule has 0 unspecified atom stereocenters. The third-order valence-electron chi connectivity index (χ3n) is 3.30. The zero-order chi connectivity index (χ0) is 17.8. The summed E-state index contributed by atoms with van der Waals surface area (Å²) in [6.45, 7) is 0.341. The smallest absolute Gasteiger partial charge is 0.321 e. The van der Waals surface area contributed by atoms with Crippen molar-refractivity contribution in [2.24, 2.45) is 0 Å². The predicted molar refractivity (Wildman–Crippen MR) is 108 cm³/mol. The first-order chi connectivity index (χ1) is 12.0. The van der Waals surface area contributed by atoms with Gasteiger partial charge in [0.05, 0.1) is 15.7 Å². The molecule has 25 heavy (non-hydrogen) atoms. The van der Waals surface area contributed by atoms with E-state index < -0.39 is 0 Å². The van der Waals surface area contributed by atoms with Gasteiger partial charge in [0.2, 0.25) is 0 Å². The van der Waals surface area contributed by atoms with Crippen LogP contribution in [-0.4, -0.2) is 11.0 Å². The molecule has 2 aromatic carbocycles. The zero-order valence-corrected chi connectivity index (χ0v) is 16.6. The Morgan fingerprint density at radius 3 is 2.60 bits per heavy atom. The van der Waals surface area contributed by atoms with Gasteiger partial charge in [-0.2, -0.15) is 0 Å². The molecule has 0 aliphatic rings. The number of nitrogens with one attached hydrogen (secondary N) is 2. The number of benzene rings is 2. The maximum atomic E-state index is 12.0. The van der Waals surface area contributed by atoms with Crippen LogP contribution in [0.4, 0.5) is 9.93 Å². The predicted octanol–water partition coefficient (Wildman–Crippen LogP) is 6.20. The Morgan fingerprint density at radius 2 is 1.88 bits per heavy atom. The molecule has 0 saturated carbocycles. The Labute approximate surface area is 167 Å². The summed E-state index contributed by atoms with van der Waals surface area (Å²) in [4.78, 5) is 16.4. The third-order valence-corrected chi connectivity index (χ3v) is 5.33. The van der Waals surface area contributed by atoms with Gasteiger partial charge >= 0.3 is 6.03 Å². The average molecular weight is 457 g/mol. The molecule has 2 amide bonds. The summed E-state index contributed by atoms with van der Waals surface area (Å²) in [5.41, 5.74) is 2.67. The summed E-state index contributed by atoms with van der Waals surface area (Å²) in [5, 5.41) is 8.86. The Bertz CT molecular complexity index is 899. The number of urea groups is 1. The number of carbonyl (C=O) groups excluding carboxylic acids is 1. The fourth-order valence-electron chi connectivity index (χ4n) is 2.06. The SMILES string of the molecule is O=C(NCc1ccc(Cl)c(Cl)c1)Nc1nc(-c2ccc(Br)cc2)cs1. The second-order valence-corrected chi connectivity index (χ2v) is 7.69. The van der Waals surface area contributed by atoms with Crippen molar-refractivity contribution in [3.63, 3.8) is 0 Å². The van der Waals surface area contributed by atoms with Crippen LogP contribution in [0.5, 0.6) is 0 Å². The number of amides is 2. The third kappa shape index (κ3) is 4.95. The van der Waals surface area contributed by atoms with Crippen LogP contribution in [0.15, 0.2) is 52.3 Å². The first kappa shape index (κ1) is 18.2. The molecule has 0 spiro atoms. The lowest BCUT2D eigenvalue weighted by molar-refractivity contribution is 0.251. The van der Waals surface area contributed by atoms with Crippen LogP contribution in [0.2, 0.25) is 10.0 Å². The molecule has 8 heteroatoms. The molecule has 4 nitrogen and oxygen atoms in total. The molecule has 1 heterocycles. The Kier molecular flexibility index (Phi) is 5.96. The summed E-state index contributed by atoms with van der Waals surface area (Å²) in [5.74, 6) is 0. The van der Waals surface area contributed by atoms with E-state index in [2.05, 4.69) is 31.5 Å². The topological polar surface area (TPSA) is 54.0 Å². The van der Waals surface area contributed by atoms with Crippen LogP contribution in [0.25, 0.3) is 11.3 Å². The molecule has 0 saturated heterocycles. The molecular weight excluding hydrogens is 445 g/mol. The summed E-state index contributed by atoms with van der Waals surface area (Å²) in [6, 6.07) is 12.7. The molecule has 2 N–H and O–H groups in total. The van der Waals surface area contributed by atoms with Crippen LogP contribution in [0.3, 0.4) is 0 Å². The zero-order valence-electron chi connectivity index (χ0n) is 12.7. The number of halogens is 3. The van der Waals surface area contributed by atoms with Crippen molar-refractivity contribution in [3.05, 3.63) is 67.9 Å². The van der Waals surface area contributed by atoms with Crippen LogP contribution >= 0.6 is 50.5 Å². The van der Waals surface area contributed by atoms with E-state index in [0.717, 1.165) is 21.3 Å². The van der Waals surface area contributed by atoms with Crippen molar-refractivity contribution in [2.45, 2.75) is 6.54 Å². The first-order valence-electron chi connectivity index (χ1n) is 7.21. The van der Waals surface area contributed by atoms with Gasteiger partial charge in [0.1, 0.15) is 0 Å². The lowest BCUT2D eigenvalue weighted by Gasteiger charge is -2.06. The number of aromatic nitrogens is 1. The van der Waals surface area contributed by atoms with Gasteiger partial charge in [0.15, 0.2) is 5.13 Å². The average Bonchev–Trinajstić information content (AvgIpc) is 3.05. The van der Waals surface area contributed by atoms with E-state index in [1.807, 2.05) is 35.7 Å². The van der Waals surface area contributed by atoms with Gasteiger partial charge in [-0.1, -0.05) is 57.3 Å². The maximum Gasteiger partial charge on any atom is 0.321 e. The van der Waals surface area contributed by atoms with Gasteiger partial charge in [0, 0.05) is 22.0 Å².